The van der Waals surface area contributed by atoms with E-state index in [1.165, 1.54) is 29.9 Å². The fourth-order valence-corrected chi connectivity index (χ4v) is 2.89. The van der Waals surface area contributed by atoms with Crippen molar-refractivity contribution in [2.24, 2.45) is 11.8 Å². The fraction of sp³-hybridized carbons (Fsp3) is 0.647. The summed E-state index contributed by atoms with van der Waals surface area (Å²) in [5, 5.41) is 3.46. The van der Waals surface area contributed by atoms with Crippen LogP contribution in [0.1, 0.15) is 25.0 Å². The third kappa shape index (κ3) is 3.74. The second-order valence-corrected chi connectivity index (χ2v) is 6.16. The number of anilines is 1. The number of ether oxygens (including phenoxy) is 1. The molecule has 1 aliphatic rings. The van der Waals surface area contributed by atoms with Crippen LogP contribution in [0, 0.1) is 18.8 Å². The first-order valence-electron chi connectivity index (χ1n) is 7.66. The van der Waals surface area contributed by atoms with Gasteiger partial charge in [0.2, 0.25) is 0 Å². The number of benzene rings is 1. The van der Waals surface area contributed by atoms with Crippen molar-refractivity contribution in [2.45, 2.75) is 27.3 Å². The highest BCUT2D eigenvalue weighted by Gasteiger charge is 2.27. The zero-order chi connectivity index (χ0) is 14.5. The first-order valence-corrected chi connectivity index (χ1v) is 7.66. The zero-order valence-electron chi connectivity index (χ0n) is 13.3. The molecule has 20 heavy (non-hydrogen) atoms. The third-order valence-corrected chi connectivity index (χ3v) is 4.36. The van der Waals surface area contributed by atoms with Crippen molar-refractivity contribution in [1.29, 1.82) is 0 Å². The smallest absolute Gasteiger partial charge is 0.0587 e. The Balaban J connectivity index is 2.07. The average molecular weight is 276 g/mol. The van der Waals surface area contributed by atoms with Gasteiger partial charge in [-0.2, -0.15) is 0 Å². The zero-order valence-corrected chi connectivity index (χ0v) is 13.3. The maximum Gasteiger partial charge on any atom is 0.0587 e. The van der Waals surface area contributed by atoms with Gasteiger partial charge < -0.3 is 15.0 Å². The molecule has 112 valence electrons. The monoisotopic (exact) mass is 276 g/mol. The molecule has 0 amide bonds. The number of nitrogens with zero attached hydrogens (tertiary/aromatic N) is 1. The van der Waals surface area contributed by atoms with Gasteiger partial charge in [0.15, 0.2) is 0 Å². The predicted molar refractivity (Wildman–Crippen MR) is 85.3 cm³/mol. The number of nitrogens with one attached hydrogen (secondary N) is 1. The Bertz CT molecular complexity index is 423. The summed E-state index contributed by atoms with van der Waals surface area (Å²) in [6, 6.07) is 6.82. The molecule has 2 atom stereocenters. The van der Waals surface area contributed by atoms with Crippen LogP contribution >= 0.6 is 0 Å². The molecular weight excluding hydrogens is 248 g/mol. The van der Waals surface area contributed by atoms with E-state index in [1.807, 2.05) is 0 Å². The molecule has 3 nitrogen and oxygen atoms in total. The van der Waals surface area contributed by atoms with Gasteiger partial charge in [0.05, 0.1) is 6.61 Å². The molecule has 3 heteroatoms. The number of aryl methyl sites for hydroxylation is 1. The Morgan fingerprint density at radius 2 is 1.95 bits per heavy atom. The summed E-state index contributed by atoms with van der Waals surface area (Å²) in [7, 11) is 1.74. The highest BCUT2D eigenvalue weighted by atomic mass is 16.5. The Morgan fingerprint density at radius 1 is 1.25 bits per heavy atom. The molecule has 1 aromatic rings. The van der Waals surface area contributed by atoms with E-state index in [0.717, 1.165) is 31.5 Å². The lowest BCUT2D eigenvalue weighted by Crippen LogP contribution is -2.24. The van der Waals surface area contributed by atoms with Crippen molar-refractivity contribution >= 4 is 5.69 Å². The lowest BCUT2D eigenvalue weighted by Gasteiger charge is -2.23. The van der Waals surface area contributed by atoms with Crippen molar-refractivity contribution in [1.82, 2.24) is 5.32 Å². The predicted octanol–water partition coefficient (Wildman–Crippen LogP) is 2.82. The van der Waals surface area contributed by atoms with Gasteiger partial charge in [0.25, 0.3) is 0 Å². The van der Waals surface area contributed by atoms with E-state index in [4.69, 9.17) is 4.74 Å². The summed E-state index contributed by atoms with van der Waals surface area (Å²) in [6.07, 6.45) is 0. The second kappa shape index (κ2) is 7.09. The number of rotatable bonds is 6. The van der Waals surface area contributed by atoms with Crippen molar-refractivity contribution in [2.75, 3.05) is 38.3 Å². The van der Waals surface area contributed by atoms with Crippen LogP contribution in [0.4, 0.5) is 5.69 Å². The number of methoxy groups -OCH3 is 1. The Hall–Kier alpha value is -1.06. The summed E-state index contributed by atoms with van der Waals surface area (Å²) >= 11 is 0. The largest absolute Gasteiger partial charge is 0.383 e. The molecule has 0 radical (unpaired) electrons. The summed E-state index contributed by atoms with van der Waals surface area (Å²) in [6.45, 7) is 11.8. The highest BCUT2D eigenvalue weighted by molar-refractivity contribution is 5.56. The van der Waals surface area contributed by atoms with Crippen molar-refractivity contribution in [3.05, 3.63) is 29.3 Å². The summed E-state index contributed by atoms with van der Waals surface area (Å²) < 4.78 is 5.09. The van der Waals surface area contributed by atoms with E-state index in [2.05, 4.69) is 49.2 Å². The van der Waals surface area contributed by atoms with E-state index in [-0.39, 0.29) is 0 Å². The quantitative estimate of drug-likeness (QED) is 0.809. The number of hydrogen-bond acceptors (Lipinski definition) is 3. The third-order valence-electron chi connectivity index (χ3n) is 4.36. The van der Waals surface area contributed by atoms with Gasteiger partial charge in [-0.1, -0.05) is 31.5 Å². The van der Waals surface area contributed by atoms with Gasteiger partial charge in [-0.3, -0.25) is 0 Å². The van der Waals surface area contributed by atoms with Gasteiger partial charge in [-0.05, 0) is 30.4 Å². The molecule has 0 aliphatic carbocycles. The average Bonchev–Trinajstić information content (AvgIpc) is 2.75. The highest BCUT2D eigenvalue weighted by Crippen LogP contribution is 2.30. The molecular formula is C17H28N2O. The lowest BCUT2D eigenvalue weighted by molar-refractivity contribution is 0.199. The van der Waals surface area contributed by atoms with Gasteiger partial charge in [-0.25, -0.2) is 0 Å². The van der Waals surface area contributed by atoms with E-state index in [9.17, 15) is 0 Å². The molecule has 1 heterocycles. The molecule has 1 aliphatic heterocycles. The van der Waals surface area contributed by atoms with Crippen LogP contribution in [0.15, 0.2) is 18.2 Å². The van der Waals surface area contributed by atoms with Crippen molar-refractivity contribution in [3.63, 3.8) is 0 Å². The van der Waals surface area contributed by atoms with Crippen LogP contribution in [0.5, 0.6) is 0 Å². The van der Waals surface area contributed by atoms with E-state index >= 15 is 0 Å². The number of hydrogen-bond donors (Lipinski definition) is 1. The molecule has 0 aromatic heterocycles. The van der Waals surface area contributed by atoms with E-state index in [0.29, 0.717) is 0 Å². The minimum atomic E-state index is 0.763. The maximum absolute atomic E-state index is 5.09. The van der Waals surface area contributed by atoms with Crippen molar-refractivity contribution < 1.29 is 4.74 Å². The molecule has 2 unspecified atom stereocenters. The molecule has 1 saturated heterocycles. The lowest BCUT2D eigenvalue weighted by atomic mass is 10.0. The normalized spacial score (nSPS) is 22.5. The van der Waals surface area contributed by atoms with Crippen LogP contribution in [0.25, 0.3) is 0 Å². The Morgan fingerprint density at radius 3 is 2.60 bits per heavy atom. The second-order valence-electron chi connectivity index (χ2n) is 6.16. The Labute approximate surface area is 123 Å². The first kappa shape index (κ1) is 15.3. The van der Waals surface area contributed by atoms with Crippen LogP contribution < -0.4 is 10.2 Å². The minimum Gasteiger partial charge on any atom is -0.383 e. The molecule has 0 bridgehead atoms. The van der Waals surface area contributed by atoms with Crippen molar-refractivity contribution in [3.8, 4) is 0 Å². The molecule has 2 rings (SSSR count). The van der Waals surface area contributed by atoms with Crippen LogP contribution in [0.2, 0.25) is 0 Å². The molecule has 1 fully saturated rings. The minimum absolute atomic E-state index is 0.763. The standard InChI is InChI=1S/C17H28N2O/c1-13-5-6-17(19-11-14(2)15(3)12-19)16(9-13)10-18-7-8-20-4/h5-6,9,14-15,18H,7-8,10-12H2,1-4H3. The summed E-state index contributed by atoms with van der Waals surface area (Å²) in [5.41, 5.74) is 4.14. The first-order chi connectivity index (χ1) is 9.61. The van der Waals surface area contributed by atoms with Gasteiger partial charge >= 0.3 is 0 Å². The van der Waals surface area contributed by atoms with E-state index < -0.39 is 0 Å². The molecule has 1 aromatic carbocycles. The molecule has 0 spiro atoms. The van der Waals surface area contributed by atoms with Gasteiger partial charge in [-0.15, -0.1) is 0 Å². The topological polar surface area (TPSA) is 24.5 Å². The Kier molecular flexibility index (Phi) is 5.44. The maximum atomic E-state index is 5.09. The summed E-state index contributed by atoms with van der Waals surface area (Å²) in [5.74, 6) is 1.57. The van der Waals surface area contributed by atoms with Crippen LogP contribution in [0.3, 0.4) is 0 Å². The van der Waals surface area contributed by atoms with E-state index in [1.54, 1.807) is 7.11 Å². The van der Waals surface area contributed by atoms with Gasteiger partial charge in [0, 0.05) is 39.0 Å². The van der Waals surface area contributed by atoms with Crippen LogP contribution in [-0.2, 0) is 11.3 Å². The summed E-state index contributed by atoms with van der Waals surface area (Å²) in [4.78, 5) is 2.54. The molecule has 1 N–H and O–H groups in total. The SMILES string of the molecule is COCCNCc1cc(C)ccc1N1CC(C)C(C)C1. The fourth-order valence-electron chi connectivity index (χ4n) is 2.89. The molecule has 0 saturated carbocycles. The van der Waals surface area contributed by atoms with Gasteiger partial charge in [0.1, 0.15) is 0 Å². The van der Waals surface area contributed by atoms with Crippen LogP contribution in [-0.4, -0.2) is 33.4 Å².